The van der Waals surface area contributed by atoms with Gasteiger partial charge in [-0.2, -0.15) is 10.4 Å². The smallest absolute Gasteiger partial charge is 0.244 e. The first kappa shape index (κ1) is 13.0. The van der Waals surface area contributed by atoms with Gasteiger partial charge in [0.05, 0.1) is 12.0 Å². The van der Waals surface area contributed by atoms with Gasteiger partial charge in [-0.3, -0.25) is 9.48 Å². The van der Waals surface area contributed by atoms with E-state index in [1.54, 1.807) is 24.1 Å². The summed E-state index contributed by atoms with van der Waals surface area (Å²) in [6.45, 7) is 4.87. The minimum atomic E-state index is -0.165. The highest BCUT2D eigenvalue weighted by Crippen LogP contribution is 2.02. The number of nitrogens with two attached hydrogens (primary N) is 1. The molecule has 0 aliphatic heterocycles. The van der Waals surface area contributed by atoms with Gasteiger partial charge in [0.1, 0.15) is 12.4 Å². The van der Waals surface area contributed by atoms with Crippen molar-refractivity contribution in [3.05, 3.63) is 12.3 Å². The molecule has 17 heavy (non-hydrogen) atoms. The Kier molecular flexibility index (Phi) is 4.52. The van der Waals surface area contributed by atoms with Crippen LogP contribution in [0.3, 0.4) is 0 Å². The van der Waals surface area contributed by atoms with E-state index in [1.807, 2.05) is 6.92 Å². The average Bonchev–Trinajstić information content (AvgIpc) is 2.70. The predicted molar refractivity (Wildman–Crippen MR) is 63.7 cm³/mol. The van der Waals surface area contributed by atoms with Gasteiger partial charge in [-0.05, 0) is 19.9 Å². The van der Waals surface area contributed by atoms with E-state index >= 15 is 0 Å². The molecule has 0 aliphatic rings. The van der Waals surface area contributed by atoms with Crippen LogP contribution >= 0.6 is 0 Å². The molecule has 6 heteroatoms. The van der Waals surface area contributed by atoms with Gasteiger partial charge in [0.15, 0.2) is 0 Å². The van der Waals surface area contributed by atoms with Crippen LogP contribution in [0.5, 0.6) is 0 Å². The lowest BCUT2D eigenvalue weighted by atomic mass is 10.2. The quantitative estimate of drug-likeness (QED) is 0.803. The number of nitriles is 1. The zero-order valence-corrected chi connectivity index (χ0v) is 10.1. The number of carbonyl (C=O) groups is 1. The molecule has 0 fully saturated rings. The number of nitrogen functional groups attached to an aromatic ring is 1. The van der Waals surface area contributed by atoms with Gasteiger partial charge in [0.2, 0.25) is 5.91 Å². The fourth-order valence-corrected chi connectivity index (χ4v) is 1.48. The molecule has 0 saturated heterocycles. The van der Waals surface area contributed by atoms with Crippen LogP contribution in [0.2, 0.25) is 0 Å². The first-order chi connectivity index (χ1) is 8.06. The lowest BCUT2D eigenvalue weighted by molar-refractivity contribution is -0.132. The largest absolute Gasteiger partial charge is 0.382 e. The number of amides is 1. The van der Waals surface area contributed by atoms with Crippen LogP contribution in [0.15, 0.2) is 12.3 Å². The first-order valence-corrected chi connectivity index (χ1v) is 5.53. The maximum atomic E-state index is 11.9. The van der Waals surface area contributed by atoms with Gasteiger partial charge < -0.3 is 10.6 Å². The lowest BCUT2D eigenvalue weighted by Crippen LogP contribution is -2.36. The highest BCUT2D eigenvalue weighted by molar-refractivity contribution is 5.75. The van der Waals surface area contributed by atoms with E-state index in [0.29, 0.717) is 18.9 Å². The molecule has 6 nitrogen and oxygen atoms in total. The third-order valence-corrected chi connectivity index (χ3v) is 2.41. The Morgan fingerprint density at radius 1 is 1.76 bits per heavy atom. The second-order valence-electron chi connectivity index (χ2n) is 3.90. The summed E-state index contributed by atoms with van der Waals surface area (Å²) in [5, 5.41) is 12.7. The highest BCUT2D eigenvalue weighted by Gasteiger charge is 2.15. The van der Waals surface area contributed by atoms with Crippen molar-refractivity contribution in [3.8, 4) is 6.07 Å². The number of hydrogen-bond donors (Lipinski definition) is 1. The van der Waals surface area contributed by atoms with Crippen molar-refractivity contribution >= 4 is 11.7 Å². The van der Waals surface area contributed by atoms with Crippen LogP contribution in [-0.4, -0.2) is 33.7 Å². The van der Waals surface area contributed by atoms with Gasteiger partial charge in [-0.25, -0.2) is 0 Å². The van der Waals surface area contributed by atoms with Crippen LogP contribution in [-0.2, 0) is 11.3 Å². The van der Waals surface area contributed by atoms with Gasteiger partial charge in [-0.1, -0.05) is 0 Å². The van der Waals surface area contributed by atoms with Crippen molar-refractivity contribution in [1.82, 2.24) is 14.7 Å². The van der Waals surface area contributed by atoms with E-state index in [9.17, 15) is 4.79 Å². The predicted octanol–water partition coefficient (Wildman–Crippen LogP) is 0.473. The van der Waals surface area contributed by atoms with Crippen LogP contribution in [0.1, 0.15) is 13.8 Å². The van der Waals surface area contributed by atoms with Gasteiger partial charge in [-0.15, -0.1) is 0 Å². The van der Waals surface area contributed by atoms with E-state index in [0.717, 1.165) is 0 Å². The van der Waals surface area contributed by atoms with Gasteiger partial charge in [0, 0.05) is 19.3 Å². The molecule has 0 aliphatic carbocycles. The number of likely N-dealkylation sites (N-methyl/N-ethyl adjacent to an activating group) is 1. The summed E-state index contributed by atoms with van der Waals surface area (Å²) in [6, 6.07) is 3.76. The van der Waals surface area contributed by atoms with Crippen molar-refractivity contribution < 1.29 is 4.79 Å². The molecule has 1 aromatic heterocycles. The van der Waals surface area contributed by atoms with E-state index in [-0.39, 0.29) is 18.4 Å². The Labute approximate surface area is 101 Å². The zero-order valence-electron chi connectivity index (χ0n) is 10.1. The number of carbonyl (C=O) groups excluding carboxylic acids is 1. The molecule has 0 saturated carbocycles. The molecule has 92 valence electrons. The molecule has 0 spiro atoms. The summed E-state index contributed by atoms with van der Waals surface area (Å²) in [6.07, 6.45) is 1.66. The molecule has 0 aromatic carbocycles. The summed E-state index contributed by atoms with van der Waals surface area (Å²) >= 11 is 0. The SMILES string of the molecule is CCN(CC(C)C#N)C(=O)Cn1ccc(N)n1. The summed E-state index contributed by atoms with van der Waals surface area (Å²) in [5.74, 6) is 0.172. The highest BCUT2D eigenvalue weighted by atomic mass is 16.2. The Morgan fingerprint density at radius 2 is 2.47 bits per heavy atom. The van der Waals surface area contributed by atoms with Crippen molar-refractivity contribution in [2.75, 3.05) is 18.8 Å². The molecule has 1 amide bonds. The Hall–Kier alpha value is -2.03. The number of nitrogens with zero attached hydrogens (tertiary/aromatic N) is 4. The minimum Gasteiger partial charge on any atom is -0.382 e. The van der Waals surface area contributed by atoms with Crippen molar-refractivity contribution in [1.29, 1.82) is 5.26 Å². The molecule has 1 rings (SSSR count). The Morgan fingerprint density at radius 3 is 2.94 bits per heavy atom. The zero-order chi connectivity index (χ0) is 12.8. The van der Waals surface area contributed by atoms with Crippen molar-refractivity contribution in [3.63, 3.8) is 0 Å². The number of anilines is 1. The summed E-state index contributed by atoms with van der Waals surface area (Å²) < 4.78 is 1.50. The lowest BCUT2D eigenvalue weighted by Gasteiger charge is -2.21. The second kappa shape index (κ2) is 5.89. The standard InChI is InChI=1S/C11H17N5O/c1-3-15(7-9(2)6-12)11(17)8-16-5-4-10(13)14-16/h4-5,9H,3,7-8H2,1-2H3,(H2,13,14). The minimum absolute atomic E-state index is 0.0577. The Balaban J connectivity index is 2.58. The van der Waals surface area contributed by atoms with Crippen LogP contribution in [0.25, 0.3) is 0 Å². The van der Waals surface area contributed by atoms with E-state index in [1.165, 1.54) is 4.68 Å². The molecule has 0 radical (unpaired) electrons. The van der Waals surface area contributed by atoms with E-state index in [4.69, 9.17) is 11.0 Å². The third-order valence-electron chi connectivity index (χ3n) is 2.41. The fraction of sp³-hybridized carbons (Fsp3) is 0.545. The molecular formula is C11H17N5O. The monoisotopic (exact) mass is 235 g/mol. The molecule has 0 bridgehead atoms. The average molecular weight is 235 g/mol. The summed E-state index contributed by atoms with van der Waals surface area (Å²) in [7, 11) is 0. The van der Waals surface area contributed by atoms with Gasteiger partial charge in [0.25, 0.3) is 0 Å². The van der Waals surface area contributed by atoms with Crippen LogP contribution in [0.4, 0.5) is 5.82 Å². The summed E-state index contributed by atoms with van der Waals surface area (Å²) in [5.41, 5.74) is 5.47. The Bertz CT molecular complexity index is 420. The van der Waals surface area contributed by atoms with Crippen molar-refractivity contribution in [2.24, 2.45) is 5.92 Å². The number of aromatic nitrogens is 2. The normalized spacial score (nSPS) is 11.8. The second-order valence-corrected chi connectivity index (χ2v) is 3.90. The molecule has 1 heterocycles. The fourth-order valence-electron chi connectivity index (χ4n) is 1.48. The van der Waals surface area contributed by atoms with Crippen LogP contribution < -0.4 is 5.73 Å². The first-order valence-electron chi connectivity index (χ1n) is 5.53. The maximum absolute atomic E-state index is 11.9. The third kappa shape index (κ3) is 3.79. The molecule has 2 N–H and O–H groups in total. The maximum Gasteiger partial charge on any atom is 0.244 e. The molecule has 1 atom stereocenters. The molecular weight excluding hydrogens is 218 g/mol. The van der Waals surface area contributed by atoms with Crippen molar-refractivity contribution in [2.45, 2.75) is 20.4 Å². The number of rotatable bonds is 5. The topological polar surface area (TPSA) is 87.9 Å². The van der Waals surface area contributed by atoms with E-state index < -0.39 is 0 Å². The molecule has 1 unspecified atom stereocenters. The van der Waals surface area contributed by atoms with E-state index in [2.05, 4.69) is 11.2 Å². The van der Waals surface area contributed by atoms with Crippen LogP contribution in [0, 0.1) is 17.2 Å². The summed E-state index contributed by atoms with van der Waals surface area (Å²) in [4.78, 5) is 13.6. The number of hydrogen-bond acceptors (Lipinski definition) is 4. The molecule has 1 aromatic rings. The van der Waals surface area contributed by atoms with Gasteiger partial charge >= 0.3 is 0 Å².